The van der Waals surface area contributed by atoms with Gasteiger partial charge in [-0.3, -0.25) is 4.79 Å². The van der Waals surface area contributed by atoms with Gasteiger partial charge in [0.1, 0.15) is 0 Å². The van der Waals surface area contributed by atoms with Crippen LogP contribution < -0.4 is 5.32 Å². The second kappa shape index (κ2) is 7.55. The molecular formula is C15H22ClNO. The maximum atomic E-state index is 11.7. The molecule has 18 heavy (non-hydrogen) atoms. The van der Waals surface area contributed by atoms with Crippen LogP contribution in [0.3, 0.4) is 0 Å². The topological polar surface area (TPSA) is 29.1 Å². The Morgan fingerprint density at radius 3 is 2.39 bits per heavy atom. The van der Waals surface area contributed by atoms with Crippen molar-refractivity contribution in [3.05, 3.63) is 35.4 Å². The van der Waals surface area contributed by atoms with Crippen LogP contribution >= 0.6 is 12.4 Å². The molecule has 1 aliphatic rings. The highest BCUT2D eigenvalue weighted by molar-refractivity contribution is 5.96. The molecule has 0 atom stereocenters. The zero-order valence-electron chi connectivity index (χ0n) is 10.9. The zero-order valence-corrected chi connectivity index (χ0v) is 11.8. The standard InChI is InChI=1S/C15H21NO.ClH/c1-2-3-15(17)14-6-4-12(5-7-14)13-8-10-16-11-9-13;/h4-7,13,16H,2-3,8-11H2,1H3;1H. The monoisotopic (exact) mass is 267 g/mol. The third kappa shape index (κ3) is 3.82. The number of carbonyl (C=O) groups is 1. The van der Waals surface area contributed by atoms with E-state index in [2.05, 4.69) is 17.4 Å². The van der Waals surface area contributed by atoms with Gasteiger partial charge in [0.05, 0.1) is 0 Å². The van der Waals surface area contributed by atoms with Gasteiger partial charge in [0.2, 0.25) is 0 Å². The Kier molecular flexibility index (Phi) is 6.37. The summed E-state index contributed by atoms with van der Waals surface area (Å²) in [6.07, 6.45) is 4.01. The predicted octanol–water partition coefficient (Wildman–Crippen LogP) is 3.56. The molecule has 1 fully saturated rings. The fourth-order valence-electron chi connectivity index (χ4n) is 2.47. The summed E-state index contributed by atoms with van der Waals surface area (Å²) in [5.41, 5.74) is 2.25. The molecule has 1 heterocycles. The molecule has 0 aromatic heterocycles. The van der Waals surface area contributed by atoms with Crippen molar-refractivity contribution < 1.29 is 4.79 Å². The number of halogens is 1. The summed E-state index contributed by atoms with van der Waals surface area (Å²) >= 11 is 0. The summed E-state index contributed by atoms with van der Waals surface area (Å²) in [4.78, 5) is 11.7. The van der Waals surface area contributed by atoms with Crippen LogP contribution in [0.15, 0.2) is 24.3 Å². The Bertz CT molecular complexity index is 369. The van der Waals surface area contributed by atoms with Crippen LogP contribution in [-0.2, 0) is 0 Å². The van der Waals surface area contributed by atoms with Crippen molar-refractivity contribution in [1.82, 2.24) is 5.32 Å². The number of hydrogen-bond donors (Lipinski definition) is 1. The van der Waals surface area contributed by atoms with Gasteiger partial charge in [0.15, 0.2) is 5.78 Å². The largest absolute Gasteiger partial charge is 0.317 e. The zero-order chi connectivity index (χ0) is 12.1. The van der Waals surface area contributed by atoms with E-state index in [9.17, 15) is 4.79 Å². The molecule has 1 N–H and O–H groups in total. The minimum Gasteiger partial charge on any atom is -0.317 e. The second-order valence-electron chi connectivity index (χ2n) is 4.82. The number of rotatable bonds is 4. The van der Waals surface area contributed by atoms with Crippen LogP contribution in [-0.4, -0.2) is 18.9 Å². The van der Waals surface area contributed by atoms with Crippen LogP contribution in [0.2, 0.25) is 0 Å². The first kappa shape index (κ1) is 15.2. The molecule has 100 valence electrons. The lowest BCUT2D eigenvalue weighted by Gasteiger charge is -2.23. The lowest BCUT2D eigenvalue weighted by molar-refractivity contribution is 0.0981. The Labute approximate surface area is 116 Å². The van der Waals surface area contributed by atoms with Gasteiger partial charge >= 0.3 is 0 Å². The van der Waals surface area contributed by atoms with Crippen molar-refractivity contribution in [2.24, 2.45) is 0 Å². The fourth-order valence-corrected chi connectivity index (χ4v) is 2.47. The molecule has 0 unspecified atom stereocenters. The molecule has 0 saturated carbocycles. The molecule has 0 bridgehead atoms. The summed E-state index contributed by atoms with van der Waals surface area (Å²) < 4.78 is 0. The van der Waals surface area contributed by atoms with Crippen molar-refractivity contribution in [3.8, 4) is 0 Å². The van der Waals surface area contributed by atoms with Gasteiger partial charge in [0.25, 0.3) is 0 Å². The summed E-state index contributed by atoms with van der Waals surface area (Å²) in [6.45, 7) is 4.27. The summed E-state index contributed by atoms with van der Waals surface area (Å²) in [5.74, 6) is 0.941. The van der Waals surface area contributed by atoms with Crippen molar-refractivity contribution in [2.75, 3.05) is 13.1 Å². The van der Waals surface area contributed by atoms with E-state index in [1.54, 1.807) is 0 Å². The number of piperidine rings is 1. The van der Waals surface area contributed by atoms with E-state index in [1.807, 2.05) is 19.1 Å². The van der Waals surface area contributed by atoms with Gasteiger partial charge in [-0.15, -0.1) is 12.4 Å². The Morgan fingerprint density at radius 2 is 1.83 bits per heavy atom. The first-order valence-corrected chi connectivity index (χ1v) is 6.65. The van der Waals surface area contributed by atoms with Crippen molar-refractivity contribution in [2.45, 2.75) is 38.5 Å². The maximum Gasteiger partial charge on any atom is 0.162 e. The average molecular weight is 268 g/mol. The van der Waals surface area contributed by atoms with Crippen molar-refractivity contribution in [3.63, 3.8) is 0 Å². The van der Waals surface area contributed by atoms with Crippen LogP contribution in [0, 0.1) is 0 Å². The van der Waals surface area contributed by atoms with Gasteiger partial charge in [-0.05, 0) is 43.8 Å². The average Bonchev–Trinajstić information content (AvgIpc) is 2.40. The van der Waals surface area contributed by atoms with E-state index in [0.29, 0.717) is 12.3 Å². The van der Waals surface area contributed by atoms with E-state index in [4.69, 9.17) is 0 Å². The van der Waals surface area contributed by atoms with E-state index < -0.39 is 0 Å². The number of Topliss-reactive ketones (excluding diaryl/α,β-unsaturated/α-hetero) is 1. The molecule has 1 saturated heterocycles. The predicted molar refractivity (Wildman–Crippen MR) is 77.8 cm³/mol. The molecular weight excluding hydrogens is 246 g/mol. The van der Waals surface area contributed by atoms with Gasteiger partial charge in [-0.25, -0.2) is 0 Å². The number of hydrogen-bond acceptors (Lipinski definition) is 2. The normalized spacial score (nSPS) is 16.1. The van der Waals surface area contributed by atoms with E-state index >= 15 is 0 Å². The molecule has 3 heteroatoms. The molecule has 0 amide bonds. The van der Waals surface area contributed by atoms with E-state index in [0.717, 1.165) is 25.1 Å². The van der Waals surface area contributed by atoms with Crippen molar-refractivity contribution >= 4 is 18.2 Å². The van der Waals surface area contributed by atoms with Gasteiger partial charge in [-0.1, -0.05) is 31.2 Å². The molecule has 0 radical (unpaired) electrons. The molecule has 2 rings (SSSR count). The lowest BCUT2D eigenvalue weighted by Crippen LogP contribution is -2.26. The molecule has 1 aliphatic heterocycles. The first-order chi connectivity index (χ1) is 8.31. The van der Waals surface area contributed by atoms with E-state index in [1.165, 1.54) is 18.4 Å². The highest BCUT2D eigenvalue weighted by Gasteiger charge is 2.15. The molecule has 2 nitrogen and oxygen atoms in total. The molecule has 1 aromatic carbocycles. The quantitative estimate of drug-likeness (QED) is 0.845. The minimum absolute atomic E-state index is 0. The maximum absolute atomic E-state index is 11.7. The smallest absolute Gasteiger partial charge is 0.162 e. The van der Waals surface area contributed by atoms with Crippen molar-refractivity contribution in [1.29, 1.82) is 0 Å². The van der Waals surface area contributed by atoms with Gasteiger partial charge < -0.3 is 5.32 Å². The summed E-state index contributed by atoms with van der Waals surface area (Å²) in [7, 11) is 0. The van der Waals surface area contributed by atoms with Crippen LogP contribution in [0.25, 0.3) is 0 Å². The number of carbonyl (C=O) groups excluding carboxylic acids is 1. The van der Waals surface area contributed by atoms with Crippen LogP contribution in [0.5, 0.6) is 0 Å². The number of benzene rings is 1. The molecule has 1 aromatic rings. The Morgan fingerprint density at radius 1 is 1.22 bits per heavy atom. The van der Waals surface area contributed by atoms with Gasteiger partial charge in [0, 0.05) is 12.0 Å². The third-order valence-corrected chi connectivity index (χ3v) is 3.52. The van der Waals surface area contributed by atoms with Crippen LogP contribution in [0.1, 0.15) is 54.4 Å². The molecule has 0 aliphatic carbocycles. The Hall–Kier alpha value is -0.860. The third-order valence-electron chi connectivity index (χ3n) is 3.52. The second-order valence-corrected chi connectivity index (χ2v) is 4.82. The SMILES string of the molecule is CCCC(=O)c1ccc(C2CCNCC2)cc1.Cl. The number of nitrogens with one attached hydrogen (secondary N) is 1. The van der Waals surface area contributed by atoms with E-state index in [-0.39, 0.29) is 18.2 Å². The highest BCUT2D eigenvalue weighted by atomic mass is 35.5. The van der Waals surface area contributed by atoms with Crippen LogP contribution in [0.4, 0.5) is 0 Å². The highest BCUT2D eigenvalue weighted by Crippen LogP contribution is 2.25. The fraction of sp³-hybridized carbons (Fsp3) is 0.533. The number of ketones is 1. The lowest BCUT2D eigenvalue weighted by atomic mass is 9.89. The van der Waals surface area contributed by atoms with Gasteiger partial charge in [-0.2, -0.15) is 0 Å². The molecule has 0 spiro atoms. The Balaban J connectivity index is 0.00000162. The first-order valence-electron chi connectivity index (χ1n) is 6.65. The summed E-state index contributed by atoms with van der Waals surface area (Å²) in [6, 6.07) is 8.27. The summed E-state index contributed by atoms with van der Waals surface area (Å²) in [5, 5.41) is 3.38. The minimum atomic E-state index is 0.